The highest BCUT2D eigenvalue weighted by atomic mass is 31.0. The Hall–Kier alpha value is -2.34. The third kappa shape index (κ3) is 5.26. The van der Waals surface area contributed by atoms with Crippen LogP contribution in [-0.4, -0.2) is 18.0 Å². The van der Waals surface area contributed by atoms with Crippen molar-refractivity contribution in [3.63, 3.8) is 0 Å². The molecule has 4 aromatic rings. The first-order chi connectivity index (χ1) is 18.4. The van der Waals surface area contributed by atoms with Crippen molar-refractivity contribution in [3.05, 3.63) is 142 Å². The van der Waals surface area contributed by atoms with Crippen molar-refractivity contribution in [2.24, 2.45) is 0 Å². The summed E-state index contributed by atoms with van der Waals surface area (Å²) < 4.78 is 14.0. The highest BCUT2D eigenvalue weighted by Crippen LogP contribution is 2.57. The van der Waals surface area contributed by atoms with Gasteiger partial charge in [0.2, 0.25) is 0 Å². The number of aryl methyl sites for hydroxylation is 4. The lowest BCUT2D eigenvalue weighted by Crippen LogP contribution is -2.50. The molecule has 1 saturated heterocycles. The zero-order valence-electron chi connectivity index (χ0n) is 23.9. The fraction of sp³-hybridized carbons (Fsp3) is 0.314. The third-order valence-electron chi connectivity index (χ3n) is 7.98. The number of rotatable bonds is 6. The van der Waals surface area contributed by atoms with Crippen LogP contribution in [0.25, 0.3) is 0 Å². The molecule has 0 bridgehead atoms. The van der Waals surface area contributed by atoms with E-state index >= 15 is 0 Å². The van der Waals surface area contributed by atoms with Crippen LogP contribution in [-0.2, 0) is 19.8 Å². The van der Waals surface area contributed by atoms with Gasteiger partial charge in [0.25, 0.3) is 0 Å². The molecule has 0 saturated carbocycles. The Bertz CT molecular complexity index is 1290. The second-order valence-electron chi connectivity index (χ2n) is 11.7. The zero-order chi connectivity index (χ0) is 28.0. The van der Waals surface area contributed by atoms with Gasteiger partial charge in [0.15, 0.2) is 5.79 Å². The smallest absolute Gasteiger partial charge is 0.163 e. The van der Waals surface area contributed by atoms with E-state index in [2.05, 4.69) is 143 Å². The van der Waals surface area contributed by atoms with E-state index in [1.165, 1.54) is 44.5 Å². The van der Waals surface area contributed by atoms with E-state index in [0.29, 0.717) is 0 Å². The predicted molar refractivity (Wildman–Crippen MR) is 170 cm³/mol. The highest BCUT2D eigenvalue weighted by molar-refractivity contribution is 7.19. The molecule has 5 rings (SSSR count). The number of benzene rings is 4. The molecular weight excluding hydrogens is 514 g/mol. The van der Waals surface area contributed by atoms with Crippen molar-refractivity contribution in [1.29, 1.82) is 0 Å². The van der Waals surface area contributed by atoms with Crippen LogP contribution in [0.5, 0.6) is 0 Å². The predicted octanol–water partition coefficient (Wildman–Crippen LogP) is 8.38. The first-order valence-electron chi connectivity index (χ1n) is 13.7. The Labute approximate surface area is 238 Å². The minimum Gasteiger partial charge on any atom is -0.343 e. The lowest BCUT2D eigenvalue weighted by Gasteiger charge is -2.44. The molecule has 0 N–H and O–H groups in total. The Balaban J connectivity index is 1.80. The summed E-state index contributed by atoms with van der Waals surface area (Å²) in [5.74, 6) is -0.778. The summed E-state index contributed by atoms with van der Waals surface area (Å²) in [7, 11) is 6.45. The molecule has 0 radical (unpaired) electrons. The van der Waals surface area contributed by atoms with Gasteiger partial charge in [0.1, 0.15) is 12.2 Å². The SMILES string of the molecule is Cc1cccc(C(P)(c2cccc(C)c2)C2OC(C)(C)OC2C(P)(c2cccc(C)c2)c2cccc(C)c2)c1. The number of hydrogen-bond acceptors (Lipinski definition) is 2. The normalized spacial score (nSPS) is 19.3. The van der Waals surface area contributed by atoms with Crippen LogP contribution >= 0.6 is 18.5 Å². The minimum absolute atomic E-state index is 0.320. The summed E-state index contributed by atoms with van der Waals surface area (Å²) >= 11 is 0. The molecule has 0 aliphatic carbocycles. The first kappa shape index (κ1) is 28.2. The van der Waals surface area contributed by atoms with E-state index in [4.69, 9.17) is 9.47 Å². The van der Waals surface area contributed by atoms with E-state index in [-0.39, 0.29) is 12.2 Å². The zero-order valence-corrected chi connectivity index (χ0v) is 26.2. The molecule has 0 amide bonds. The molecule has 4 heteroatoms. The van der Waals surface area contributed by atoms with Gasteiger partial charge in [-0.05, 0) is 63.8 Å². The molecular formula is C35H40O2P2. The largest absolute Gasteiger partial charge is 0.343 e. The Morgan fingerprint density at radius 3 is 1.00 bits per heavy atom. The summed E-state index contributed by atoms with van der Waals surface area (Å²) in [6.45, 7) is 12.7. The van der Waals surface area contributed by atoms with Crippen LogP contribution in [0.2, 0.25) is 0 Å². The lowest BCUT2D eigenvalue weighted by atomic mass is 9.75. The standard InChI is InChI=1S/C35H40O2P2/c1-23-11-7-15-27(19-23)34(38,28-16-8-12-24(2)20-28)31-32(37-33(5,6)36-31)35(39,29-17-9-13-25(3)21-29)30-18-10-14-26(4)22-30/h7-22,31-32H,38-39H2,1-6H3. The quantitative estimate of drug-likeness (QED) is 0.223. The maximum absolute atomic E-state index is 7.01. The van der Waals surface area contributed by atoms with Crippen molar-refractivity contribution in [2.45, 2.75) is 69.8 Å². The van der Waals surface area contributed by atoms with E-state index < -0.39 is 16.1 Å². The second kappa shape index (κ2) is 10.6. The van der Waals surface area contributed by atoms with Gasteiger partial charge >= 0.3 is 0 Å². The van der Waals surface area contributed by atoms with E-state index in [0.717, 1.165) is 0 Å². The van der Waals surface area contributed by atoms with Crippen LogP contribution in [0, 0.1) is 27.7 Å². The van der Waals surface area contributed by atoms with Gasteiger partial charge in [-0.15, -0.1) is 18.5 Å². The fourth-order valence-corrected chi connectivity index (χ4v) is 7.23. The summed E-state index contributed by atoms with van der Waals surface area (Å²) in [5.41, 5.74) is 9.63. The second-order valence-corrected chi connectivity index (χ2v) is 13.5. The van der Waals surface area contributed by atoms with Crippen molar-refractivity contribution < 1.29 is 9.47 Å². The molecule has 39 heavy (non-hydrogen) atoms. The molecule has 1 aliphatic rings. The highest BCUT2D eigenvalue weighted by Gasteiger charge is 2.59. The van der Waals surface area contributed by atoms with Gasteiger partial charge < -0.3 is 9.47 Å². The van der Waals surface area contributed by atoms with Crippen LogP contribution in [0.4, 0.5) is 0 Å². The van der Waals surface area contributed by atoms with Gasteiger partial charge in [0, 0.05) is 0 Å². The fourth-order valence-electron chi connectivity index (χ4n) is 6.03. The van der Waals surface area contributed by atoms with Gasteiger partial charge in [-0.25, -0.2) is 0 Å². The monoisotopic (exact) mass is 554 g/mol. The van der Waals surface area contributed by atoms with Crippen LogP contribution in [0.1, 0.15) is 58.4 Å². The minimum atomic E-state index is -0.778. The molecule has 202 valence electrons. The average Bonchev–Trinajstić information content (AvgIpc) is 3.24. The molecule has 1 aliphatic heterocycles. The average molecular weight is 555 g/mol. The van der Waals surface area contributed by atoms with Crippen LogP contribution < -0.4 is 0 Å². The number of ether oxygens (including phenoxy) is 2. The van der Waals surface area contributed by atoms with Crippen molar-refractivity contribution in [1.82, 2.24) is 0 Å². The van der Waals surface area contributed by atoms with Crippen LogP contribution in [0.3, 0.4) is 0 Å². The van der Waals surface area contributed by atoms with E-state index in [9.17, 15) is 0 Å². The van der Waals surface area contributed by atoms with Crippen molar-refractivity contribution in [2.75, 3.05) is 0 Å². The van der Waals surface area contributed by atoms with Crippen molar-refractivity contribution >= 4 is 18.5 Å². The molecule has 1 heterocycles. The Kier molecular flexibility index (Phi) is 7.64. The Morgan fingerprint density at radius 2 is 0.769 bits per heavy atom. The molecule has 4 atom stereocenters. The summed E-state index contributed by atoms with van der Waals surface area (Å²) in [4.78, 5) is 0. The first-order valence-corrected chi connectivity index (χ1v) is 14.8. The Morgan fingerprint density at radius 1 is 0.513 bits per heavy atom. The summed E-state index contributed by atoms with van der Waals surface area (Å²) in [6, 6.07) is 35.2. The molecule has 0 spiro atoms. The van der Waals surface area contributed by atoms with E-state index in [1.54, 1.807) is 0 Å². The molecule has 2 nitrogen and oxygen atoms in total. The van der Waals surface area contributed by atoms with Gasteiger partial charge in [-0.1, -0.05) is 119 Å². The van der Waals surface area contributed by atoms with Crippen molar-refractivity contribution in [3.8, 4) is 0 Å². The lowest BCUT2D eigenvalue weighted by molar-refractivity contribution is -0.150. The van der Waals surface area contributed by atoms with E-state index in [1.807, 2.05) is 13.8 Å². The maximum atomic E-state index is 7.01. The molecule has 0 aromatic heterocycles. The maximum Gasteiger partial charge on any atom is 0.163 e. The van der Waals surface area contributed by atoms with Gasteiger partial charge in [0.05, 0.1) is 10.3 Å². The summed E-state index contributed by atoms with van der Waals surface area (Å²) in [5, 5.41) is -1.13. The summed E-state index contributed by atoms with van der Waals surface area (Å²) in [6.07, 6.45) is -0.640. The number of hydrogen-bond donors (Lipinski definition) is 0. The molecule has 4 unspecified atom stereocenters. The van der Waals surface area contributed by atoms with Crippen LogP contribution in [0.15, 0.2) is 97.1 Å². The molecule has 4 aromatic carbocycles. The molecule has 1 fully saturated rings. The van der Waals surface area contributed by atoms with Gasteiger partial charge in [-0.3, -0.25) is 0 Å². The van der Waals surface area contributed by atoms with Gasteiger partial charge in [-0.2, -0.15) is 0 Å². The topological polar surface area (TPSA) is 18.5 Å². The third-order valence-corrected chi connectivity index (χ3v) is 9.97.